The maximum atomic E-state index is 10.1. The first-order chi connectivity index (χ1) is 7.72. The lowest BCUT2D eigenvalue weighted by molar-refractivity contribution is 0.169. The lowest BCUT2D eigenvalue weighted by Gasteiger charge is -2.11. The van der Waals surface area contributed by atoms with Gasteiger partial charge in [0, 0.05) is 22.3 Å². The van der Waals surface area contributed by atoms with Crippen LogP contribution in [0, 0.1) is 0 Å². The monoisotopic (exact) mass is 300 g/mol. The smallest absolute Gasteiger partial charge is 0.100 e. The van der Waals surface area contributed by atoms with Crippen molar-refractivity contribution in [2.24, 2.45) is 0 Å². The molecule has 0 amide bonds. The highest BCUT2D eigenvalue weighted by Crippen LogP contribution is 2.28. The number of aryl methyl sites for hydroxylation is 1. The van der Waals surface area contributed by atoms with Crippen LogP contribution in [0.2, 0.25) is 0 Å². The average molecular weight is 301 g/mol. The number of aliphatic hydroxyl groups is 1. The summed E-state index contributed by atoms with van der Waals surface area (Å²) in [4.78, 5) is 5.22. The molecule has 0 saturated carbocycles. The molecule has 5 heteroatoms. The van der Waals surface area contributed by atoms with Gasteiger partial charge in [0.05, 0.1) is 18.2 Å². The molecule has 1 unspecified atom stereocenters. The second kappa shape index (κ2) is 5.12. The maximum Gasteiger partial charge on any atom is 0.100 e. The number of thiophene rings is 1. The lowest BCUT2D eigenvalue weighted by Crippen LogP contribution is -2.07. The second-order valence-electron chi connectivity index (χ2n) is 3.52. The number of halogens is 1. The van der Waals surface area contributed by atoms with Crippen molar-refractivity contribution in [2.75, 3.05) is 0 Å². The van der Waals surface area contributed by atoms with E-state index in [0.29, 0.717) is 6.42 Å². The van der Waals surface area contributed by atoms with Crippen LogP contribution in [0.15, 0.2) is 28.4 Å². The third kappa shape index (κ3) is 2.36. The third-order valence-corrected chi connectivity index (χ3v) is 4.45. The van der Waals surface area contributed by atoms with Gasteiger partial charge in [-0.3, -0.25) is 0 Å². The summed E-state index contributed by atoms with van der Waals surface area (Å²) in [6.45, 7) is 2.87. The first-order valence-electron chi connectivity index (χ1n) is 5.12. The van der Waals surface area contributed by atoms with Crippen LogP contribution in [-0.4, -0.2) is 14.7 Å². The quantitative estimate of drug-likeness (QED) is 0.942. The fourth-order valence-corrected chi connectivity index (χ4v) is 3.18. The molecule has 0 aliphatic heterocycles. The zero-order valence-corrected chi connectivity index (χ0v) is 11.3. The van der Waals surface area contributed by atoms with E-state index in [2.05, 4.69) is 20.9 Å². The SMILES string of the molecule is CCn1cncc1C(O)Cc1sccc1Br. The molecule has 1 N–H and O–H groups in total. The summed E-state index contributed by atoms with van der Waals surface area (Å²) in [7, 11) is 0. The molecule has 2 heterocycles. The van der Waals surface area contributed by atoms with Crippen molar-refractivity contribution in [2.45, 2.75) is 26.0 Å². The molecule has 0 spiro atoms. The van der Waals surface area contributed by atoms with Crippen LogP contribution in [-0.2, 0) is 13.0 Å². The number of hydrogen-bond acceptors (Lipinski definition) is 3. The van der Waals surface area contributed by atoms with Gasteiger partial charge < -0.3 is 9.67 Å². The Balaban J connectivity index is 2.14. The second-order valence-corrected chi connectivity index (χ2v) is 5.37. The predicted octanol–water partition coefficient (Wildman–Crippen LogP) is 3.00. The van der Waals surface area contributed by atoms with Crippen LogP contribution >= 0.6 is 27.3 Å². The van der Waals surface area contributed by atoms with Gasteiger partial charge in [-0.2, -0.15) is 0 Å². The zero-order chi connectivity index (χ0) is 11.5. The highest BCUT2D eigenvalue weighted by molar-refractivity contribution is 9.10. The molecule has 16 heavy (non-hydrogen) atoms. The van der Waals surface area contributed by atoms with E-state index in [0.717, 1.165) is 21.6 Å². The van der Waals surface area contributed by atoms with Gasteiger partial charge in [0.25, 0.3) is 0 Å². The van der Waals surface area contributed by atoms with E-state index >= 15 is 0 Å². The molecule has 86 valence electrons. The molecule has 0 radical (unpaired) electrons. The molecule has 0 aliphatic carbocycles. The summed E-state index contributed by atoms with van der Waals surface area (Å²) < 4.78 is 3.03. The fraction of sp³-hybridized carbons (Fsp3) is 0.364. The van der Waals surface area contributed by atoms with Crippen LogP contribution in [0.4, 0.5) is 0 Å². The number of aromatic nitrogens is 2. The summed E-state index contributed by atoms with van der Waals surface area (Å²) in [5, 5.41) is 12.2. The van der Waals surface area contributed by atoms with Crippen LogP contribution in [0.25, 0.3) is 0 Å². The summed E-state index contributed by atoms with van der Waals surface area (Å²) in [6.07, 6.45) is 3.62. The van der Waals surface area contributed by atoms with E-state index in [4.69, 9.17) is 0 Å². The Kier molecular flexibility index (Phi) is 3.78. The van der Waals surface area contributed by atoms with Gasteiger partial charge in [-0.15, -0.1) is 11.3 Å². The molecule has 0 fully saturated rings. The molecule has 0 bridgehead atoms. The molecule has 2 aromatic rings. The first kappa shape index (κ1) is 11.8. The third-order valence-electron chi connectivity index (χ3n) is 2.50. The van der Waals surface area contributed by atoms with E-state index in [1.165, 1.54) is 0 Å². The van der Waals surface area contributed by atoms with Crippen molar-refractivity contribution in [3.8, 4) is 0 Å². The molecule has 2 aromatic heterocycles. The van der Waals surface area contributed by atoms with Crippen molar-refractivity contribution in [1.29, 1.82) is 0 Å². The maximum absolute atomic E-state index is 10.1. The molecule has 0 aromatic carbocycles. The highest BCUT2D eigenvalue weighted by Gasteiger charge is 2.15. The molecular formula is C11H13BrN2OS. The number of imidazole rings is 1. The van der Waals surface area contributed by atoms with Crippen molar-refractivity contribution in [1.82, 2.24) is 9.55 Å². The molecule has 2 rings (SSSR count). The minimum absolute atomic E-state index is 0.489. The largest absolute Gasteiger partial charge is 0.386 e. The van der Waals surface area contributed by atoms with E-state index in [-0.39, 0.29) is 0 Å². The van der Waals surface area contributed by atoms with Crippen molar-refractivity contribution < 1.29 is 5.11 Å². The Hall–Kier alpha value is -0.650. The van der Waals surface area contributed by atoms with E-state index in [1.54, 1.807) is 23.9 Å². The average Bonchev–Trinajstić information content (AvgIpc) is 2.87. The topological polar surface area (TPSA) is 38.0 Å². The molecular weight excluding hydrogens is 288 g/mol. The number of hydrogen-bond donors (Lipinski definition) is 1. The minimum Gasteiger partial charge on any atom is -0.386 e. The molecule has 0 saturated heterocycles. The Labute approximate surface area is 107 Å². The summed E-state index contributed by atoms with van der Waals surface area (Å²) >= 11 is 5.12. The van der Waals surface area contributed by atoms with Gasteiger partial charge in [-0.05, 0) is 34.3 Å². The van der Waals surface area contributed by atoms with Crippen molar-refractivity contribution in [3.05, 3.63) is 39.0 Å². The van der Waals surface area contributed by atoms with E-state index < -0.39 is 6.10 Å². The Bertz CT molecular complexity index is 466. The van der Waals surface area contributed by atoms with Crippen molar-refractivity contribution >= 4 is 27.3 Å². The highest BCUT2D eigenvalue weighted by atomic mass is 79.9. The molecule has 1 atom stereocenters. The Morgan fingerprint density at radius 1 is 1.62 bits per heavy atom. The fourth-order valence-electron chi connectivity index (χ4n) is 1.62. The standard InChI is InChI=1S/C11H13BrN2OS/c1-2-14-7-13-6-9(14)10(15)5-11-8(12)3-4-16-11/h3-4,6-7,10,15H,2,5H2,1H3. The molecule has 3 nitrogen and oxygen atoms in total. The number of aliphatic hydroxyl groups excluding tert-OH is 1. The Morgan fingerprint density at radius 3 is 3.06 bits per heavy atom. The summed E-state index contributed by atoms with van der Waals surface area (Å²) in [6, 6.07) is 2.00. The first-order valence-corrected chi connectivity index (χ1v) is 6.79. The zero-order valence-electron chi connectivity index (χ0n) is 8.93. The number of rotatable bonds is 4. The lowest BCUT2D eigenvalue weighted by atomic mass is 10.1. The van der Waals surface area contributed by atoms with Crippen LogP contribution in [0.1, 0.15) is 23.6 Å². The van der Waals surface area contributed by atoms with Crippen LogP contribution in [0.3, 0.4) is 0 Å². The Morgan fingerprint density at radius 2 is 2.44 bits per heavy atom. The summed E-state index contributed by atoms with van der Waals surface area (Å²) in [5.74, 6) is 0. The van der Waals surface area contributed by atoms with Gasteiger partial charge in [-0.25, -0.2) is 4.98 Å². The van der Waals surface area contributed by atoms with Gasteiger partial charge in [0.1, 0.15) is 6.10 Å². The minimum atomic E-state index is -0.489. The van der Waals surface area contributed by atoms with Gasteiger partial charge >= 0.3 is 0 Å². The van der Waals surface area contributed by atoms with Gasteiger partial charge in [-0.1, -0.05) is 0 Å². The van der Waals surface area contributed by atoms with Gasteiger partial charge in [0.15, 0.2) is 0 Å². The van der Waals surface area contributed by atoms with E-state index in [9.17, 15) is 5.11 Å². The normalized spacial score (nSPS) is 12.9. The van der Waals surface area contributed by atoms with Gasteiger partial charge in [0.2, 0.25) is 0 Å². The van der Waals surface area contributed by atoms with Crippen LogP contribution in [0.5, 0.6) is 0 Å². The van der Waals surface area contributed by atoms with Crippen LogP contribution < -0.4 is 0 Å². The predicted molar refractivity (Wildman–Crippen MR) is 68.6 cm³/mol. The summed E-state index contributed by atoms with van der Waals surface area (Å²) in [5.41, 5.74) is 0.878. The number of nitrogens with zero attached hydrogens (tertiary/aromatic N) is 2. The molecule has 0 aliphatic rings. The van der Waals surface area contributed by atoms with E-state index in [1.807, 2.05) is 22.9 Å². The van der Waals surface area contributed by atoms with Crippen molar-refractivity contribution in [3.63, 3.8) is 0 Å².